The van der Waals surface area contributed by atoms with Crippen LogP contribution in [0.15, 0.2) is 73.1 Å². The second kappa shape index (κ2) is 9.86. The molecule has 1 aliphatic heterocycles. The molecule has 0 bridgehead atoms. The van der Waals surface area contributed by atoms with Gasteiger partial charge in [-0.3, -0.25) is 29.1 Å². The minimum absolute atomic E-state index is 0.166. The van der Waals surface area contributed by atoms with E-state index >= 15 is 0 Å². The molecule has 1 aliphatic rings. The molecule has 8 nitrogen and oxygen atoms in total. The Morgan fingerprint density at radius 1 is 0.879 bits per heavy atom. The van der Waals surface area contributed by atoms with E-state index < -0.39 is 0 Å². The Hall–Kier alpha value is -4.33. The van der Waals surface area contributed by atoms with Crippen molar-refractivity contribution in [2.24, 2.45) is 0 Å². The maximum absolute atomic E-state index is 12.3. The first-order valence-corrected chi connectivity index (χ1v) is 10.5. The number of hydrogen-bond donors (Lipinski definition) is 2. The summed E-state index contributed by atoms with van der Waals surface area (Å²) >= 11 is 0. The van der Waals surface area contributed by atoms with Crippen molar-refractivity contribution in [1.29, 1.82) is 0 Å². The lowest BCUT2D eigenvalue weighted by Gasteiger charge is -2.13. The summed E-state index contributed by atoms with van der Waals surface area (Å²) in [6, 6.07) is 17.3. The molecule has 0 saturated heterocycles. The summed E-state index contributed by atoms with van der Waals surface area (Å²) in [5, 5.41) is 5.62. The summed E-state index contributed by atoms with van der Waals surface area (Å²) in [6.07, 6.45) is 3.68. The quantitative estimate of drug-likeness (QED) is 0.522. The molecule has 0 unspecified atom stereocenters. The van der Waals surface area contributed by atoms with Gasteiger partial charge in [0, 0.05) is 37.6 Å². The van der Waals surface area contributed by atoms with Gasteiger partial charge in [-0.05, 0) is 48.4 Å². The Labute approximate surface area is 190 Å². The van der Waals surface area contributed by atoms with Crippen LogP contribution in [-0.4, -0.2) is 40.1 Å². The van der Waals surface area contributed by atoms with Crippen molar-refractivity contribution in [3.05, 3.63) is 95.3 Å². The van der Waals surface area contributed by atoms with Crippen LogP contribution in [0.5, 0.6) is 0 Å². The summed E-state index contributed by atoms with van der Waals surface area (Å²) in [7, 11) is 0. The third-order valence-corrected chi connectivity index (χ3v) is 5.29. The average molecular weight is 442 g/mol. The van der Waals surface area contributed by atoms with E-state index in [1.807, 2.05) is 12.1 Å². The highest BCUT2D eigenvalue weighted by molar-refractivity contribution is 6.21. The van der Waals surface area contributed by atoms with E-state index in [9.17, 15) is 19.2 Å². The van der Waals surface area contributed by atoms with Gasteiger partial charge in [-0.2, -0.15) is 0 Å². The third kappa shape index (κ3) is 5.12. The van der Waals surface area contributed by atoms with Gasteiger partial charge in [-0.25, -0.2) is 0 Å². The van der Waals surface area contributed by atoms with E-state index in [4.69, 9.17) is 0 Å². The Morgan fingerprint density at radius 2 is 1.58 bits per heavy atom. The first-order valence-electron chi connectivity index (χ1n) is 10.5. The summed E-state index contributed by atoms with van der Waals surface area (Å²) in [5.74, 6) is -1.04. The molecule has 1 aromatic heterocycles. The van der Waals surface area contributed by atoms with Crippen molar-refractivity contribution in [2.45, 2.75) is 19.4 Å². The van der Waals surface area contributed by atoms with Crippen LogP contribution in [0.3, 0.4) is 0 Å². The smallest absolute Gasteiger partial charge is 0.261 e. The standard InChI is InChI=1S/C25H22N4O4/c30-22(8-4-14-29-24(32)20-6-1-2-7-21(20)25(29)33)27-15-17-9-11-19(12-10-17)28-23(31)18-5-3-13-26-16-18/h1-3,5-7,9-13,16H,4,8,14-15H2,(H,27,30)(H,28,31). The lowest BCUT2D eigenvalue weighted by molar-refractivity contribution is -0.121. The molecular weight excluding hydrogens is 420 g/mol. The van der Waals surface area contributed by atoms with Crippen molar-refractivity contribution in [3.8, 4) is 0 Å². The van der Waals surface area contributed by atoms with Crippen molar-refractivity contribution in [1.82, 2.24) is 15.2 Å². The molecule has 3 aromatic rings. The highest BCUT2D eigenvalue weighted by Crippen LogP contribution is 2.22. The number of aromatic nitrogens is 1. The van der Waals surface area contributed by atoms with Crippen LogP contribution in [0.2, 0.25) is 0 Å². The predicted octanol–water partition coefficient (Wildman–Crippen LogP) is 3.03. The fourth-order valence-electron chi connectivity index (χ4n) is 3.54. The number of hydrogen-bond acceptors (Lipinski definition) is 5. The fraction of sp³-hybridized carbons (Fsp3) is 0.160. The molecule has 2 heterocycles. The van der Waals surface area contributed by atoms with Gasteiger partial charge in [0.25, 0.3) is 17.7 Å². The van der Waals surface area contributed by atoms with Crippen LogP contribution < -0.4 is 10.6 Å². The van der Waals surface area contributed by atoms with Gasteiger partial charge in [0.15, 0.2) is 0 Å². The zero-order valence-electron chi connectivity index (χ0n) is 17.8. The van der Waals surface area contributed by atoms with E-state index in [0.29, 0.717) is 35.3 Å². The van der Waals surface area contributed by atoms with Gasteiger partial charge >= 0.3 is 0 Å². The van der Waals surface area contributed by atoms with Crippen molar-refractivity contribution in [3.63, 3.8) is 0 Å². The van der Waals surface area contributed by atoms with Crippen LogP contribution in [0, 0.1) is 0 Å². The maximum Gasteiger partial charge on any atom is 0.261 e. The number of amides is 4. The number of pyridine rings is 1. The van der Waals surface area contributed by atoms with Crippen molar-refractivity contribution in [2.75, 3.05) is 11.9 Å². The Morgan fingerprint density at radius 3 is 2.21 bits per heavy atom. The van der Waals surface area contributed by atoms with E-state index in [-0.39, 0.29) is 36.6 Å². The second-order valence-corrected chi connectivity index (χ2v) is 7.58. The molecular formula is C25H22N4O4. The summed E-state index contributed by atoms with van der Waals surface area (Å²) in [4.78, 5) is 54.1. The van der Waals surface area contributed by atoms with Crippen LogP contribution in [0.4, 0.5) is 5.69 Å². The number of rotatable bonds is 8. The Bertz CT molecular complexity index is 1160. The van der Waals surface area contributed by atoms with E-state index in [1.54, 1.807) is 54.7 Å². The predicted molar refractivity (Wildman–Crippen MR) is 122 cm³/mol. The zero-order chi connectivity index (χ0) is 23.2. The molecule has 0 saturated carbocycles. The maximum atomic E-state index is 12.3. The van der Waals surface area contributed by atoms with Gasteiger partial charge in [0.2, 0.25) is 5.91 Å². The lowest BCUT2D eigenvalue weighted by Crippen LogP contribution is -2.32. The van der Waals surface area contributed by atoms with E-state index in [2.05, 4.69) is 15.6 Å². The number of carbonyl (C=O) groups is 4. The van der Waals surface area contributed by atoms with Crippen molar-refractivity contribution >= 4 is 29.3 Å². The van der Waals surface area contributed by atoms with Gasteiger partial charge in [-0.15, -0.1) is 0 Å². The summed E-state index contributed by atoms with van der Waals surface area (Å²) in [6.45, 7) is 0.535. The lowest BCUT2D eigenvalue weighted by atomic mass is 10.1. The minimum atomic E-state index is -0.313. The number of nitrogens with zero attached hydrogens (tertiary/aromatic N) is 2. The molecule has 33 heavy (non-hydrogen) atoms. The minimum Gasteiger partial charge on any atom is -0.352 e. The van der Waals surface area contributed by atoms with Gasteiger partial charge in [0.05, 0.1) is 16.7 Å². The number of benzene rings is 2. The molecule has 2 aromatic carbocycles. The summed E-state index contributed by atoms with van der Waals surface area (Å²) < 4.78 is 0. The Balaban J connectivity index is 1.20. The van der Waals surface area contributed by atoms with Crippen LogP contribution >= 0.6 is 0 Å². The number of nitrogens with one attached hydrogen (secondary N) is 2. The molecule has 0 spiro atoms. The first kappa shape index (κ1) is 21.9. The molecule has 4 rings (SSSR count). The topological polar surface area (TPSA) is 108 Å². The second-order valence-electron chi connectivity index (χ2n) is 7.58. The van der Waals surface area contributed by atoms with Crippen LogP contribution in [0.25, 0.3) is 0 Å². The average Bonchev–Trinajstić information content (AvgIpc) is 3.09. The van der Waals surface area contributed by atoms with E-state index in [1.165, 1.54) is 11.1 Å². The SMILES string of the molecule is O=C(CCCN1C(=O)c2ccccc2C1=O)NCc1ccc(NC(=O)c2cccnc2)cc1. The highest BCUT2D eigenvalue weighted by Gasteiger charge is 2.34. The molecule has 0 atom stereocenters. The fourth-order valence-corrected chi connectivity index (χ4v) is 3.54. The largest absolute Gasteiger partial charge is 0.352 e. The Kier molecular flexibility index (Phi) is 6.54. The van der Waals surface area contributed by atoms with Gasteiger partial charge in [-0.1, -0.05) is 24.3 Å². The van der Waals surface area contributed by atoms with Crippen LogP contribution in [0.1, 0.15) is 49.5 Å². The van der Waals surface area contributed by atoms with Crippen LogP contribution in [-0.2, 0) is 11.3 Å². The molecule has 8 heteroatoms. The van der Waals surface area contributed by atoms with Gasteiger partial charge < -0.3 is 10.6 Å². The number of anilines is 1. The molecule has 0 radical (unpaired) electrons. The normalized spacial score (nSPS) is 12.4. The number of fused-ring (bicyclic) bond motifs is 1. The molecule has 0 aliphatic carbocycles. The van der Waals surface area contributed by atoms with Gasteiger partial charge in [0.1, 0.15) is 0 Å². The monoisotopic (exact) mass is 442 g/mol. The number of carbonyl (C=O) groups excluding carboxylic acids is 4. The number of imide groups is 1. The molecule has 4 amide bonds. The van der Waals surface area contributed by atoms with Crippen molar-refractivity contribution < 1.29 is 19.2 Å². The first-order chi connectivity index (χ1) is 16.0. The zero-order valence-corrected chi connectivity index (χ0v) is 17.8. The third-order valence-electron chi connectivity index (χ3n) is 5.29. The van der Waals surface area contributed by atoms with E-state index in [0.717, 1.165) is 5.56 Å². The molecule has 166 valence electrons. The molecule has 2 N–H and O–H groups in total. The summed E-state index contributed by atoms with van der Waals surface area (Å²) in [5.41, 5.74) is 2.80. The molecule has 0 fully saturated rings. The highest BCUT2D eigenvalue weighted by atomic mass is 16.2.